The molecule has 1 amide bonds. The number of hydrogen-bond donors (Lipinski definition) is 1. The average molecular weight is 410 g/mol. The Kier molecular flexibility index (Phi) is 6.83. The summed E-state index contributed by atoms with van der Waals surface area (Å²) < 4.78 is 2.01. The zero-order valence-electron chi connectivity index (χ0n) is 16.6. The Morgan fingerprint density at radius 2 is 1.90 bits per heavy atom. The molecule has 0 unspecified atom stereocenters. The van der Waals surface area contributed by atoms with E-state index < -0.39 is 5.91 Å². The highest BCUT2D eigenvalue weighted by Crippen LogP contribution is 2.25. The number of unbranched alkanes of at least 4 members (excludes halogenated alkanes) is 2. The summed E-state index contributed by atoms with van der Waals surface area (Å²) in [4.78, 5) is 30.5. The predicted molar refractivity (Wildman–Crippen MR) is 118 cm³/mol. The molecule has 5 nitrogen and oxygen atoms in total. The van der Waals surface area contributed by atoms with Crippen LogP contribution >= 0.6 is 11.6 Å². The number of carbonyl (C=O) groups is 1. The highest BCUT2D eigenvalue weighted by atomic mass is 35.5. The second-order valence-corrected chi connectivity index (χ2v) is 7.29. The van der Waals surface area contributed by atoms with Gasteiger partial charge in [0.1, 0.15) is 5.56 Å². The van der Waals surface area contributed by atoms with E-state index in [1.165, 1.54) is 6.07 Å². The first-order valence-electron chi connectivity index (χ1n) is 9.74. The third kappa shape index (κ3) is 4.74. The third-order valence-corrected chi connectivity index (χ3v) is 5.09. The number of aryl methyl sites for hydroxylation is 1. The number of rotatable bonds is 7. The molecule has 0 aliphatic carbocycles. The van der Waals surface area contributed by atoms with Crippen LogP contribution in [-0.4, -0.2) is 15.5 Å². The Hall–Kier alpha value is -2.92. The largest absolute Gasteiger partial charge is 0.343 e. The Morgan fingerprint density at radius 1 is 1.14 bits per heavy atom. The second kappa shape index (κ2) is 9.52. The molecule has 150 valence electrons. The average Bonchev–Trinajstić information content (AvgIpc) is 2.71. The number of carbonyl (C=O) groups excluding carboxylic acids is 1. The van der Waals surface area contributed by atoms with Crippen LogP contribution in [0.25, 0.3) is 11.4 Å². The van der Waals surface area contributed by atoms with Gasteiger partial charge in [0.25, 0.3) is 5.91 Å². The van der Waals surface area contributed by atoms with Crippen LogP contribution in [0.2, 0.25) is 5.02 Å². The number of halogens is 1. The fourth-order valence-electron chi connectivity index (χ4n) is 3.31. The first kappa shape index (κ1) is 20.8. The second-order valence-electron chi connectivity index (χ2n) is 6.88. The first-order valence-corrected chi connectivity index (χ1v) is 10.1. The van der Waals surface area contributed by atoms with Crippen molar-refractivity contribution in [2.24, 2.45) is 0 Å². The van der Waals surface area contributed by atoms with Gasteiger partial charge in [-0.25, -0.2) is 0 Å². The minimum Gasteiger partial charge on any atom is -0.343 e. The zero-order valence-corrected chi connectivity index (χ0v) is 17.4. The molecular weight excluding hydrogens is 386 g/mol. The van der Waals surface area contributed by atoms with E-state index in [1.807, 2.05) is 29.7 Å². The molecule has 0 saturated heterocycles. The van der Waals surface area contributed by atoms with Crippen molar-refractivity contribution in [2.45, 2.75) is 39.7 Å². The summed E-state index contributed by atoms with van der Waals surface area (Å²) in [5.41, 5.74) is 2.14. The van der Waals surface area contributed by atoms with Gasteiger partial charge in [-0.05, 0) is 37.6 Å². The molecule has 1 N–H and O–H groups in total. The van der Waals surface area contributed by atoms with Crippen molar-refractivity contribution in [3.05, 3.63) is 81.2 Å². The maximum absolute atomic E-state index is 13.2. The van der Waals surface area contributed by atoms with E-state index in [0.717, 1.165) is 25.0 Å². The number of anilines is 1. The number of nitrogens with zero attached hydrogens (tertiary/aromatic N) is 2. The molecule has 3 rings (SSSR count). The summed E-state index contributed by atoms with van der Waals surface area (Å²) in [5.74, 6) is -0.493. The van der Waals surface area contributed by atoms with E-state index in [1.54, 1.807) is 30.5 Å². The highest BCUT2D eigenvalue weighted by molar-refractivity contribution is 6.34. The maximum atomic E-state index is 13.2. The highest BCUT2D eigenvalue weighted by Gasteiger charge is 2.23. The molecule has 2 heterocycles. The number of aromatic nitrogens is 2. The van der Waals surface area contributed by atoms with Gasteiger partial charge in [-0.15, -0.1) is 0 Å². The number of benzene rings is 1. The summed E-state index contributed by atoms with van der Waals surface area (Å²) in [7, 11) is 0. The van der Waals surface area contributed by atoms with Crippen molar-refractivity contribution in [1.29, 1.82) is 0 Å². The van der Waals surface area contributed by atoms with Gasteiger partial charge >= 0.3 is 0 Å². The lowest BCUT2D eigenvalue weighted by Crippen LogP contribution is -2.27. The smallest absolute Gasteiger partial charge is 0.261 e. The molecule has 0 bridgehead atoms. The van der Waals surface area contributed by atoms with Gasteiger partial charge in [0.15, 0.2) is 5.43 Å². The molecule has 0 atom stereocenters. The molecule has 3 aromatic rings. The summed E-state index contributed by atoms with van der Waals surface area (Å²) in [6, 6.07) is 13.9. The minimum absolute atomic E-state index is 0.0747. The van der Waals surface area contributed by atoms with Crippen LogP contribution in [0.3, 0.4) is 0 Å². The van der Waals surface area contributed by atoms with Gasteiger partial charge in [-0.3, -0.25) is 14.6 Å². The summed E-state index contributed by atoms with van der Waals surface area (Å²) in [5, 5.41) is 3.19. The molecule has 1 aromatic carbocycles. The molecule has 2 aromatic heterocycles. The van der Waals surface area contributed by atoms with Crippen molar-refractivity contribution in [2.75, 3.05) is 5.32 Å². The Bertz CT molecular complexity index is 1060. The van der Waals surface area contributed by atoms with Gasteiger partial charge < -0.3 is 9.88 Å². The Labute approximate surface area is 175 Å². The Morgan fingerprint density at radius 3 is 2.59 bits per heavy atom. The molecule has 0 spiro atoms. The van der Waals surface area contributed by atoms with Crippen LogP contribution < -0.4 is 10.7 Å². The molecule has 0 aliphatic heterocycles. The minimum atomic E-state index is -0.493. The van der Waals surface area contributed by atoms with Crippen LogP contribution in [-0.2, 0) is 6.54 Å². The van der Waals surface area contributed by atoms with Gasteiger partial charge in [0, 0.05) is 24.5 Å². The lowest BCUT2D eigenvalue weighted by Gasteiger charge is -2.20. The topological polar surface area (TPSA) is 64.0 Å². The lowest BCUT2D eigenvalue weighted by atomic mass is 10.1. The molecule has 0 aliphatic rings. The number of amides is 1. The van der Waals surface area contributed by atoms with Gasteiger partial charge in [-0.2, -0.15) is 0 Å². The molecular formula is C23H24ClN3O2. The lowest BCUT2D eigenvalue weighted by molar-refractivity contribution is 0.102. The van der Waals surface area contributed by atoms with Gasteiger partial charge in [-0.1, -0.05) is 49.6 Å². The molecule has 0 saturated carbocycles. The third-order valence-electron chi connectivity index (χ3n) is 4.76. The number of hydrogen-bond acceptors (Lipinski definition) is 3. The Balaban J connectivity index is 2.14. The van der Waals surface area contributed by atoms with E-state index >= 15 is 0 Å². The molecule has 0 radical (unpaired) electrons. The van der Waals surface area contributed by atoms with Crippen molar-refractivity contribution in [3.63, 3.8) is 0 Å². The zero-order chi connectivity index (χ0) is 20.8. The maximum Gasteiger partial charge on any atom is 0.261 e. The quantitative estimate of drug-likeness (QED) is 0.537. The normalized spacial score (nSPS) is 10.7. The van der Waals surface area contributed by atoms with Crippen LogP contribution in [0.1, 0.15) is 42.2 Å². The van der Waals surface area contributed by atoms with Crippen molar-refractivity contribution in [1.82, 2.24) is 9.55 Å². The van der Waals surface area contributed by atoms with Crippen molar-refractivity contribution < 1.29 is 4.79 Å². The SMILES string of the molecule is CCCCCn1c(C)cc(=O)c(C(=O)Nc2ccccc2Cl)c1-c1ccccn1. The summed E-state index contributed by atoms with van der Waals surface area (Å²) in [6.45, 7) is 4.73. The van der Waals surface area contributed by atoms with Crippen LogP contribution in [0.15, 0.2) is 59.5 Å². The van der Waals surface area contributed by atoms with E-state index in [9.17, 15) is 9.59 Å². The van der Waals surface area contributed by atoms with E-state index in [4.69, 9.17) is 11.6 Å². The summed E-state index contributed by atoms with van der Waals surface area (Å²) >= 11 is 6.18. The van der Waals surface area contributed by atoms with Crippen LogP contribution in [0.5, 0.6) is 0 Å². The number of pyridine rings is 2. The van der Waals surface area contributed by atoms with Gasteiger partial charge in [0.2, 0.25) is 0 Å². The number of para-hydroxylation sites is 1. The van der Waals surface area contributed by atoms with E-state index in [0.29, 0.717) is 28.6 Å². The monoisotopic (exact) mass is 409 g/mol. The number of nitrogens with one attached hydrogen (secondary N) is 1. The van der Waals surface area contributed by atoms with Crippen LogP contribution in [0.4, 0.5) is 5.69 Å². The molecule has 6 heteroatoms. The fraction of sp³-hybridized carbons (Fsp3) is 0.261. The van der Waals surface area contributed by atoms with Crippen molar-refractivity contribution >= 4 is 23.2 Å². The summed E-state index contributed by atoms with van der Waals surface area (Å²) in [6.07, 6.45) is 4.76. The first-order chi connectivity index (χ1) is 14.0. The molecule has 29 heavy (non-hydrogen) atoms. The fourth-order valence-corrected chi connectivity index (χ4v) is 3.49. The van der Waals surface area contributed by atoms with Crippen LogP contribution in [0, 0.1) is 6.92 Å². The van der Waals surface area contributed by atoms with Gasteiger partial charge in [0.05, 0.1) is 22.1 Å². The van der Waals surface area contributed by atoms with E-state index in [2.05, 4.69) is 17.2 Å². The van der Waals surface area contributed by atoms with E-state index in [-0.39, 0.29) is 11.0 Å². The predicted octanol–water partition coefficient (Wildman–Crippen LogP) is 5.31. The standard InChI is InChI=1S/C23H24ClN3O2/c1-3-4-9-14-27-16(2)15-20(28)21(22(27)19-12-7-8-13-25-19)23(29)26-18-11-6-5-10-17(18)24/h5-8,10-13,15H,3-4,9,14H2,1-2H3,(H,26,29). The van der Waals surface area contributed by atoms with Crippen molar-refractivity contribution in [3.8, 4) is 11.4 Å². The molecule has 0 fully saturated rings.